The van der Waals surface area contributed by atoms with Crippen LogP contribution in [0, 0.1) is 0 Å². The summed E-state index contributed by atoms with van der Waals surface area (Å²) in [5.41, 5.74) is 15.8. The van der Waals surface area contributed by atoms with Crippen molar-refractivity contribution < 1.29 is 18.2 Å². The van der Waals surface area contributed by atoms with Crippen molar-refractivity contribution >= 4 is 22.5 Å². The van der Waals surface area contributed by atoms with Crippen molar-refractivity contribution in [3.05, 3.63) is 115 Å². The van der Waals surface area contributed by atoms with Gasteiger partial charge in [-0.25, -0.2) is 4.21 Å². The van der Waals surface area contributed by atoms with E-state index >= 15 is 0 Å². The highest BCUT2D eigenvalue weighted by molar-refractivity contribution is 7.79. The maximum atomic E-state index is 12.4. The van der Waals surface area contributed by atoms with E-state index in [1.54, 1.807) is 60.7 Å². The molecule has 5 N–H and O–H groups in total. The molecule has 0 saturated carbocycles. The Kier molecular flexibility index (Phi) is 6.89. The molecule has 0 saturated heterocycles. The Balaban J connectivity index is 1.55. The highest BCUT2D eigenvalue weighted by Crippen LogP contribution is 2.39. The van der Waals surface area contributed by atoms with Crippen molar-refractivity contribution in [3.8, 4) is 45.3 Å². The van der Waals surface area contributed by atoms with Crippen LogP contribution in [0.3, 0.4) is 0 Å². The molecule has 0 amide bonds. The second-order valence-electron chi connectivity index (χ2n) is 8.33. The van der Waals surface area contributed by atoms with Gasteiger partial charge in [-0.2, -0.15) is 0 Å². The van der Waals surface area contributed by atoms with Gasteiger partial charge in [-0.3, -0.25) is 0 Å². The molecule has 0 fully saturated rings. The van der Waals surface area contributed by atoms with Crippen molar-refractivity contribution in [1.82, 2.24) is 0 Å². The van der Waals surface area contributed by atoms with Crippen molar-refractivity contribution in [3.63, 3.8) is 0 Å². The first-order chi connectivity index (χ1) is 18.0. The average Bonchev–Trinajstić information content (AvgIpc) is 2.91. The van der Waals surface area contributed by atoms with Gasteiger partial charge in [-0.05, 0) is 95.6 Å². The summed E-state index contributed by atoms with van der Waals surface area (Å²) >= 11 is -2.21. The summed E-state index contributed by atoms with van der Waals surface area (Å²) in [5, 5.41) is 0. The first-order valence-corrected chi connectivity index (χ1v) is 12.6. The fourth-order valence-electron chi connectivity index (χ4n) is 4.00. The summed E-state index contributed by atoms with van der Waals surface area (Å²) in [7, 11) is 0. The van der Waals surface area contributed by atoms with Crippen LogP contribution in [-0.4, -0.2) is 8.76 Å². The zero-order chi connectivity index (χ0) is 25.8. The highest BCUT2D eigenvalue weighted by Gasteiger charge is 2.17. The third kappa shape index (κ3) is 5.64. The molecule has 5 aromatic carbocycles. The van der Waals surface area contributed by atoms with Gasteiger partial charge in [0.25, 0.3) is 0 Å². The highest BCUT2D eigenvalue weighted by atomic mass is 32.2. The van der Waals surface area contributed by atoms with E-state index in [1.807, 2.05) is 54.6 Å². The lowest BCUT2D eigenvalue weighted by atomic mass is 9.94. The van der Waals surface area contributed by atoms with Gasteiger partial charge in [-0.15, -0.1) is 0 Å². The standard InChI is InChI=1S/C30H24N2O4S/c31-22-10-14-24(15-11-22)35-26-6-1-4-20(18-26)28-8-3-9-29(37(33)34)30(28)21-5-2-7-27(19-21)36-25-16-12-23(32)13-17-25/h1-19H,31-32H2,(H,33,34). The van der Waals surface area contributed by atoms with Gasteiger partial charge in [0.05, 0.1) is 4.90 Å². The Morgan fingerprint density at radius 2 is 1.05 bits per heavy atom. The number of nitrogen functional groups attached to an aromatic ring is 2. The SMILES string of the molecule is Nc1ccc(Oc2cccc(-c3cccc(S(=O)O)c3-c3cccc(Oc4ccc(N)cc4)c3)c2)cc1. The van der Waals surface area contributed by atoms with Crippen LogP contribution in [0.5, 0.6) is 23.0 Å². The predicted octanol–water partition coefficient (Wildman–Crippen LogP) is 7.35. The molecular formula is C30H24N2O4S. The molecule has 0 aromatic heterocycles. The van der Waals surface area contributed by atoms with Crippen LogP contribution in [-0.2, 0) is 11.1 Å². The number of benzene rings is 5. The van der Waals surface area contributed by atoms with Crippen LogP contribution in [0.25, 0.3) is 22.3 Å². The lowest BCUT2D eigenvalue weighted by Gasteiger charge is -2.16. The van der Waals surface area contributed by atoms with Crippen molar-refractivity contribution in [2.75, 3.05) is 11.5 Å². The van der Waals surface area contributed by atoms with Crippen molar-refractivity contribution in [1.29, 1.82) is 0 Å². The zero-order valence-corrected chi connectivity index (χ0v) is 20.5. The lowest BCUT2D eigenvalue weighted by molar-refractivity contribution is 0.482. The Bertz CT molecular complexity index is 1570. The van der Waals surface area contributed by atoms with E-state index < -0.39 is 11.1 Å². The molecule has 0 spiro atoms. The number of ether oxygens (including phenoxy) is 2. The fraction of sp³-hybridized carbons (Fsp3) is 0. The molecule has 5 rings (SSSR count). The lowest BCUT2D eigenvalue weighted by Crippen LogP contribution is -1.96. The molecule has 0 aliphatic rings. The quantitative estimate of drug-likeness (QED) is 0.157. The maximum absolute atomic E-state index is 12.4. The van der Waals surface area contributed by atoms with Crippen LogP contribution in [0.4, 0.5) is 11.4 Å². The second kappa shape index (κ2) is 10.6. The van der Waals surface area contributed by atoms with Crippen molar-refractivity contribution in [2.24, 2.45) is 0 Å². The second-order valence-corrected chi connectivity index (χ2v) is 9.26. The predicted molar refractivity (Wildman–Crippen MR) is 148 cm³/mol. The molecule has 0 bridgehead atoms. The number of nitrogens with two attached hydrogens (primary N) is 2. The summed E-state index contributed by atoms with van der Waals surface area (Å²) in [6.45, 7) is 0. The van der Waals surface area contributed by atoms with Gasteiger partial charge in [0.15, 0.2) is 11.1 Å². The van der Waals surface area contributed by atoms with E-state index in [2.05, 4.69) is 0 Å². The Morgan fingerprint density at radius 1 is 0.568 bits per heavy atom. The van der Waals surface area contributed by atoms with Gasteiger partial charge in [0, 0.05) is 16.9 Å². The van der Waals surface area contributed by atoms with Crippen LogP contribution in [0.15, 0.2) is 120 Å². The Hall–Kier alpha value is -4.59. The normalized spacial score (nSPS) is 11.6. The van der Waals surface area contributed by atoms with Gasteiger partial charge in [0.2, 0.25) is 0 Å². The first kappa shape index (κ1) is 24.1. The molecule has 1 unspecified atom stereocenters. The van der Waals surface area contributed by atoms with Gasteiger partial charge in [-0.1, -0.05) is 36.4 Å². The summed E-state index contributed by atoms with van der Waals surface area (Å²) in [6, 6.07) is 34.6. The summed E-state index contributed by atoms with van der Waals surface area (Å²) < 4.78 is 34.5. The minimum atomic E-state index is -2.21. The van der Waals surface area contributed by atoms with Gasteiger partial charge in [0.1, 0.15) is 23.0 Å². The third-order valence-electron chi connectivity index (χ3n) is 5.71. The van der Waals surface area contributed by atoms with E-state index in [0.29, 0.717) is 44.8 Å². The molecule has 6 nitrogen and oxygen atoms in total. The first-order valence-electron chi connectivity index (χ1n) is 11.5. The van der Waals surface area contributed by atoms with Crippen molar-refractivity contribution in [2.45, 2.75) is 4.90 Å². The summed E-state index contributed by atoms with van der Waals surface area (Å²) in [6.07, 6.45) is 0. The topological polar surface area (TPSA) is 108 Å². The summed E-state index contributed by atoms with van der Waals surface area (Å²) in [4.78, 5) is 0.298. The molecule has 0 radical (unpaired) electrons. The molecular weight excluding hydrogens is 484 g/mol. The average molecular weight is 509 g/mol. The minimum Gasteiger partial charge on any atom is -0.457 e. The molecule has 0 heterocycles. The number of hydrogen-bond acceptors (Lipinski definition) is 5. The van der Waals surface area contributed by atoms with Crippen LogP contribution in [0.2, 0.25) is 0 Å². The van der Waals surface area contributed by atoms with E-state index in [1.165, 1.54) is 0 Å². The third-order valence-corrected chi connectivity index (χ3v) is 6.43. The largest absolute Gasteiger partial charge is 0.457 e. The molecule has 37 heavy (non-hydrogen) atoms. The number of anilines is 2. The van der Waals surface area contributed by atoms with E-state index in [-0.39, 0.29) is 0 Å². The number of hydrogen-bond donors (Lipinski definition) is 3. The monoisotopic (exact) mass is 508 g/mol. The maximum Gasteiger partial charge on any atom is 0.187 e. The molecule has 1 atom stereocenters. The molecule has 7 heteroatoms. The minimum absolute atomic E-state index is 0.298. The van der Waals surface area contributed by atoms with E-state index in [4.69, 9.17) is 20.9 Å². The van der Waals surface area contributed by atoms with Crippen LogP contribution in [0.1, 0.15) is 0 Å². The van der Waals surface area contributed by atoms with Crippen LogP contribution < -0.4 is 20.9 Å². The van der Waals surface area contributed by atoms with Gasteiger partial charge >= 0.3 is 0 Å². The fourth-order valence-corrected chi connectivity index (χ4v) is 4.60. The molecule has 0 aliphatic carbocycles. The van der Waals surface area contributed by atoms with Gasteiger partial charge < -0.3 is 25.5 Å². The van der Waals surface area contributed by atoms with E-state index in [0.717, 1.165) is 16.7 Å². The van der Waals surface area contributed by atoms with E-state index in [9.17, 15) is 8.76 Å². The van der Waals surface area contributed by atoms with Crippen LogP contribution >= 0.6 is 0 Å². The Morgan fingerprint density at radius 3 is 1.59 bits per heavy atom. The molecule has 5 aromatic rings. The molecule has 184 valence electrons. The summed E-state index contributed by atoms with van der Waals surface area (Å²) in [5.74, 6) is 2.51. The number of rotatable bonds is 7. The molecule has 0 aliphatic heterocycles. The smallest absolute Gasteiger partial charge is 0.187 e. The zero-order valence-electron chi connectivity index (χ0n) is 19.7. The Labute approximate surface area is 217 Å².